The van der Waals surface area contributed by atoms with Crippen molar-refractivity contribution in [2.45, 2.75) is 0 Å². The Kier molecular flexibility index (Phi) is 5.60. The number of fused-ring (bicyclic) bond motifs is 1. The van der Waals surface area contributed by atoms with E-state index in [0.29, 0.717) is 17.1 Å². The molecule has 0 aliphatic carbocycles. The lowest BCUT2D eigenvalue weighted by Gasteiger charge is -2.13. The molecule has 0 amide bonds. The molecule has 8 heteroatoms. The topological polar surface area (TPSA) is 96.6 Å². The van der Waals surface area contributed by atoms with Gasteiger partial charge in [-0.15, -0.1) is 0 Å². The first-order valence-electron chi connectivity index (χ1n) is 8.26. The van der Waals surface area contributed by atoms with Crippen molar-refractivity contribution in [3.63, 3.8) is 0 Å². The second-order valence-electron chi connectivity index (χ2n) is 5.73. The Morgan fingerprint density at radius 2 is 1.75 bits per heavy atom. The van der Waals surface area contributed by atoms with Gasteiger partial charge in [0.2, 0.25) is 11.2 Å². The van der Waals surface area contributed by atoms with E-state index in [9.17, 15) is 9.90 Å². The zero-order chi connectivity index (χ0) is 20.3. The molecule has 2 aromatic carbocycles. The number of benzene rings is 2. The highest BCUT2D eigenvalue weighted by molar-refractivity contribution is 5.88. The van der Waals surface area contributed by atoms with Gasteiger partial charge in [0.15, 0.2) is 24.1 Å². The minimum Gasteiger partial charge on any atom is -0.504 e. The number of rotatable bonds is 7. The molecule has 1 aromatic heterocycles. The SMILES string of the molecule is COCOc1cc(-c2oc3cc(OC)cc(OC)c3c(=O)c2OC)ccc1O. The van der Waals surface area contributed by atoms with Gasteiger partial charge in [0.25, 0.3) is 0 Å². The molecule has 1 N–H and O–H groups in total. The van der Waals surface area contributed by atoms with Gasteiger partial charge >= 0.3 is 0 Å². The molecular weight excluding hydrogens is 368 g/mol. The van der Waals surface area contributed by atoms with E-state index in [2.05, 4.69) is 0 Å². The van der Waals surface area contributed by atoms with Crippen molar-refractivity contribution in [3.05, 3.63) is 40.6 Å². The predicted molar refractivity (Wildman–Crippen MR) is 102 cm³/mol. The minimum atomic E-state index is -0.398. The van der Waals surface area contributed by atoms with E-state index in [1.165, 1.54) is 40.6 Å². The van der Waals surface area contributed by atoms with Crippen LogP contribution in [0.3, 0.4) is 0 Å². The summed E-state index contributed by atoms with van der Waals surface area (Å²) < 4.78 is 32.1. The first-order chi connectivity index (χ1) is 13.5. The van der Waals surface area contributed by atoms with Crippen LogP contribution in [-0.4, -0.2) is 40.3 Å². The molecule has 0 radical (unpaired) electrons. The number of hydrogen-bond acceptors (Lipinski definition) is 8. The van der Waals surface area contributed by atoms with Crippen LogP contribution >= 0.6 is 0 Å². The third kappa shape index (κ3) is 3.41. The summed E-state index contributed by atoms with van der Waals surface area (Å²) in [6.07, 6.45) is 0. The molecule has 3 rings (SSSR count). The largest absolute Gasteiger partial charge is 0.504 e. The Labute approximate surface area is 160 Å². The molecule has 0 saturated heterocycles. The molecule has 0 bridgehead atoms. The lowest BCUT2D eigenvalue weighted by atomic mass is 10.1. The fourth-order valence-corrected chi connectivity index (χ4v) is 2.79. The Bertz CT molecular complexity index is 1050. The maximum Gasteiger partial charge on any atom is 0.239 e. The highest BCUT2D eigenvalue weighted by Crippen LogP contribution is 2.38. The van der Waals surface area contributed by atoms with E-state index in [0.717, 1.165) is 0 Å². The van der Waals surface area contributed by atoms with Crippen LogP contribution in [0.5, 0.6) is 28.7 Å². The maximum atomic E-state index is 13.1. The molecule has 3 aromatic rings. The highest BCUT2D eigenvalue weighted by atomic mass is 16.7. The van der Waals surface area contributed by atoms with Gasteiger partial charge in [-0.1, -0.05) is 0 Å². The van der Waals surface area contributed by atoms with Gasteiger partial charge in [0, 0.05) is 24.8 Å². The lowest BCUT2D eigenvalue weighted by Crippen LogP contribution is -2.09. The van der Waals surface area contributed by atoms with Crippen LogP contribution in [0.1, 0.15) is 0 Å². The summed E-state index contributed by atoms with van der Waals surface area (Å²) in [7, 11) is 5.80. The van der Waals surface area contributed by atoms with Crippen molar-refractivity contribution in [1.29, 1.82) is 0 Å². The average molecular weight is 388 g/mol. The maximum absolute atomic E-state index is 13.1. The van der Waals surface area contributed by atoms with E-state index < -0.39 is 5.43 Å². The summed E-state index contributed by atoms with van der Waals surface area (Å²) >= 11 is 0. The average Bonchev–Trinajstić information content (AvgIpc) is 2.72. The standard InChI is InChI=1S/C20H20O8/c1-23-10-27-14-7-11(5-6-13(14)21)19-20(26-4)18(22)17-15(25-3)8-12(24-2)9-16(17)28-19/h5-9,21H,10H2,1-4H3. The number of methoxy groups -OCH3 is 4. The molecule has 0 spiro atoms. The van der Waals surface area contributed by atoms with Crippen molar-refractivity contribution < 1.29 is 33.2 Å². The Balaban J connectivity index is 2.28. The van der Waals surface area contributed by atoms with E-state index >= 15 is 0 Å². The number of phenolic OH excluding ortho intramolecular Hbond substituents is 1. The fourth-order valence-electron chi connectivity index (χ4n) is 2.79. The first-order valence-corrected chi connectivity index (χ1v) is 8.26. The van der Waals surface area contributed by atoms with E-state index in [4.69, 9.17) is 28.1 Å². The van der Waals surface area contributed by atoms with E-state index in [1.807, 2.05) is 0 Å². The van der Waals surface area contributed by atoms with Gasteiger partial charge in [0.05, 0.1) is 21.3 Å². The van der Waals surface area contributed by atoms with E-state index in [-0.39, 0.29) is 40.8 Å². The third-order valence-electron chi connectivity index (χ3n) is 4.11. The molecule has 148 valence electrons. The summed E-state index contributed by atoms with van der Waals surface area (Å²) in [4.78, 5) is 13.1. The molecule has 0 unspecified atom stereocenters. The van der Waals surface area contributed by atoms with Crippen molar-refractivity contribution in [2.75, 3.05) is 35.2 Å². The first kappa shape index (κ1) is 19.4. The summed E-state index contributed by atoms with van der Waals surface area (Å²) in [6, 6.07) is 7.72. The summed E-state index contributed by atoms with van der Waals surface area (Å²) in [5.74, 6) is 1.05. The van der Waals surface area contributed by atoms with E-state index in [1.54, 1.807) is 18.2 Å². The zero-order valence-corrected chi connectivity index (χ0v) is 15.9. The third-order valence-corrected chi connectivity index (χ3v) is 4.11. The quantitative estimate of drug-likeness (QED) is 0.617. The normalized spacial score (nSPS) is 10.7. The van der Waals surface area contributed by atoms with Crippen LogP contribution in [0.15, 0.2) is 39.5 Å². The van der Waals surface area contributed by atoms with Gasteiger partial charge in [-0.3, -0.25) is 4.79 Å². The second kappa shape index (κ2) is 8.10. The van der Waals surface area contributed by atoms with Crippen molar-refractivity contribution in [1.82, 2.24) is 0 Å². The van der Waals surface area contributed by atoms with Crippen LogP contribution in [0, 0.1) is 0 Å². The van der Waals surface area contributed by atoms with Crippen molar-refractivity contribution in [3.8, 4) is 40.1 Å². The van der Waals surface area contributed by atoms with Gasteiger partial charge in [-0.2, -0.15) is 0 Å². The smallest absolute Gasteiger partial charge is 0.239 e. The molecule has 8 nitrogen and oxygen atoms in total. The molecule has 1 heterocycles. The summed E-state index contributed by atoms with van der Waals surface area (Å²) in [5.41, 5.74) is 0.344. The van der Waals surface area contributed by atoms with Gasteiger partial charge in [-0.05, 0) is 18.2 Å². The van der Waals surface area contributed by atoms with Gasteiger partial charge in [0.1, 0.15) is 22.5 Å². The van der Waals surface area contributed by atoms with Crippen molar-refractivity contribution >= 4 is 11.0 Å². The number of aromatic hydroxyl groups is 1. The molecule has 0 aliphatic rings. The van der Waals surface area contributed by atoms with Gasteiger partial charge in [-0.25, -0.2) is 0 Å². The fraction of sp³-hybridized carbons (Fsp3) is 0.250. The van der Waals surface area contributed by atoms with Crippen LogP contribution in [0.4, 0.5) is 0 Å². The van der Waals surface area contributed by atoms with Gasteiger partial charge < -0.3 is 33.2 Å². The second-order valence-corrected chi connectivity index (χ2v) is 5.73. The number of ether oxygens (including phenoxy) is 5. The monoisotopic (exact) mass is 388 g/mol. The molecule has 0 saturated carbocycles. The Morgan fingerprint density at radius 3 is 2.39 bits per heavy atom. The lowest BCUT2D eigenvalue weighted by molar-refractivity contribution is 0.0492. The molecule has 28 heavy (non-hydrogen) atoms. The van der Waals surface area contributed by atoms with Crippen LogP contribution < -0.4 is 24.4 Å². The highest BCUT2D eigenvalue weighted by Gasteiger charge is 2.21. The zero-order valence-electron chi connectivity index (χ0n) is 15.9. The number of phenols is 1. The predicted octanol–water partition coefficient (Wildman–Crippen LogP) is 3.17. The molecule has 0 fully saturated rings. The molecule has 0 aliphatic heterocycles. The number of hydrogen-bond donors (Lipinski definition) is 1. The Hall–Kier alpha value is -3.39. The van der Waals surface area contributed by atoms with Crippen molar-refractivity contribution in [2.24, 2.45) is 0 Å². The molecular formula is C20H20O8. The Morgan fingerprint density at radius 1 is 0.964 bits per heavy atom. The van der Waals surface area contributed by atoms with Crippen LogP contribution in [0.25, 0.3) is 22.3 Å². The summed E-state index contributed by atoms with van der Waals surface area (Å²) in [6.45, 7) is -0.0514. The molecule has 0 atom stereocenters. The van der Waals surface area contributed by atoms with Crippen LogP contribution in [-0.2, 0) is 4.74 Å². The van der Waals surface area contributed by atoms with Crippen LogP contribution in [0.2, 0.25) is 0 Å². The minimum absolute atomic E-state index is 0.000604. The summed E-state index contributed by atoms with van der Waals surface area (Å²) in [5, 5.41) is 10.2.